The Morgan fingerprint density at radius 2 is 2.18 bits per heavy atom. The molecule has 1 heterocycles. The van der Waals surface area contributed by atoms with Crippen LogP contribution in [-0.2, 0) is 16.6 Å². The molecule has 0 saturated carbocycles. The summed E-state index contributed by atoms with van der Waals surface area (Å²) in [6, 6.07) is 0. The van der Waals surface area contributed by atoms with Gasteiger partial charge >= 0.3 is 0 Å². The van der Waals surface area contributed by atoms with Gasteiger partial charge in [0.05, 0.1) is 12.8 Å². The summed E-state index contributed by atoms with van der Waals surface area (Å²) in [7, 11) is -3.63. The molecule has 0 aliphatic rings. The molecule has 0 amide bonds. The number of sulfonamides is 1. The quantitative estimate of drug-likeness (QED) is 0.699. The van der Waals surface area contributed by atoms with E-state index in [4.69, 9.17) is 5.11 Å². The topological polar surface area (TPSA) is 95.1 Å². The lowest BCUT2D eigenvalue weighted by Crippen LogP contribution is -2.34. The van der Waals surface area contributed by atoms with Crippen LogP contribution in [0.25, 0.3) is 0 Å². The van der Waals surface area contributed by atoms with Gasteiger partial charge in [0.15, 0.2) is 5.03 Å². The van der Waals surface area contributed by atoms with Crippen LogP contribution in [0.3, 0.4) is 0 Å². The van der Waals surface area contributed by atoms with Crippen molar-refractivity contribution in [2.24, 2.45) is 5.41 Å². The van der Waals surface area contributed by atoms with Gasteiger partial charge in [-0.05, 0) is 11.8 Å². The number of H-pyrrole nitrogens is 1. The van der Waals surface area contributed by atoms with E-state index in [1.807, 2.05) is 20.8 Å². The van der Waals surface area contributed by atoms with Gasteiger partial charge < -0.3 is 5.11 Å². The van der Waals surface area contributed by atoms with E-state index in [1.165, 1.54) is 6.20 Å². The van der Waals surface area contributed by atoms with Crippen molar-refractivity contribution >= 4 is 10.0 Å². The SMILES string of the molecule is CCC(C)(C)CNS(=O)(=O)c1[nH]ncc1CO. The van der Waals surface area contributed by atoms with E-state index >= 15 is 0 Å². The molecule has 0 aliphatic heterocycles. The predicted octanol–water partition coefficient (Wildman–Crippen LogP) is 0.617. The first-order chi connectivity index (χ1) is 7.82. The second-order valence-electron chi connectivity index (χ2n) is 4.72. The molecule has 6 nitrogen and oxygen atoms in total. The lowest BCUT2D eigenvalue weighted by Gasteiger charge is -2.22. The number of hydrogen-bond donors (Lipinski definition) is 3. The van der Waals surface area contributed by atoms with Crippen LogP contribution in [0.5, 0.6) is 0 Å². The molecule has 0 unspecified atom stereocenters. The highest BCUT2D eigenvalue weighted by molar-refractivity contribution is 7.89. The van der Waals surface area contributed by atoms with Gasteiger partial charge in [-0.3, -0.25) is 5.10 Å². The highest BCUT2D eigenvalue weighted by Gasteiger charge is 2.24. The van der Waals surface area contributed by atoms with Crippen molar-refractivity contribution in [3.8, 4) is 0 Å². The van der Waals surface area contributed by atoms with Gasteiger partial charge in [0.25, 0.3) is 10.0 Å². The van der Waals surface area contributed by atoms with E-state index < -0.39 is 10.0 Å². The molecule has 0 aliphatic carbocycles. The van der Waals surface area contributed by atoms with Crippen LogP contribution in [0.2, 0.25) is 0 Å². The largest absolute Gasteiger partial charge is 0.392 e. The zero-order valence-corrected chi connectivity index (χ0v) is 11.1. The molecule has 0 aromatic carbocycles. The summed E-state index contributed by atoms with van der Waals surface area (Å²) < 4.78 is 26.4. The Bertz CT molecular complexity index is 465. The van der Waals surface area contributed by atoms with Crippen LogP contribution < -0.4 is 4.72 Å². The second-order valence-corrected chi connectivity index (χ2v) is 6.43. The molecule has 0 fully saturated rings. The van der Waals surface area contributed by atoms with E-state index in [0.717, 1.165) is 6.42 Å². The molecule has 0 radical (unpaired) electrons. The van der Waals surface area contributed by atoms with Crippen molar-refractivity contribution in [3.05, 3.63) is 11.8 Å². The maximum absolute atomic E-state index is 11.9. The molecule has 0 saturated heterocycles. The third kappa shape index (κ3) is 3.52. The molecule has 1 rings (SSSR count). The standard InChI is InChI=1S/C10H19N3O3S/c1-4-10(2,3)7-12-17(15,16)9-8(6-14)5-11-13-9/h5,12,14H,4,6-7H2,1-3H3,(H,11,13). The van der Waals surface area contributed by atoms with Gasteiger partial charge in [-0.15, -0.1) is 0 Å². The summed E-state index contributed by atoms with van der Waals surface area (Å²) in [5.74, 6) is 0. The zero-order valence-electron chi connectivity index (χ0n) is 10.3. The van der Waals surface area contributed by atoms with E-state index in [-0.39, 0.29) is 22.6 Å². The maximum Gasteiger partial charge on any atom is 0.257 e. The van der Waals surface area contributed by atoms with Crippen molar-refractivity contribution in [2.75, 3.05) is 6.54 Å². The van der Waals surface area contributed by atoms with Gasteiger partial charge in [0.1, 0.15) is 0 Å². The van der Waals surface area contributed by atoms with Crippen molar-refractivity contribution in [1.82, 2.24) is 14.9 Å². The first kappa shape index (κ1) is 14.1. The zero-order chi connectivity index (χ0) is 13.1. The fourth-order valence-electron chi connectivity index (χ4n) is 1.13. The number of nitrogens with zero attached hydrogens (tertiary/aromatic N) is 1. The molecular formula is C10H19N3O3S. The fraction of sp³-hybridized carbons (Fsp3) is 0.700. The number of aromatic nitrogens is 2. The van der Waals surface area contributed by atoms with Crippen molar-refractivity contribution in [1.29, 1.82) is 0 Å². The fourth-order valence-corrected chi connectivity index (χ4v) is 2.49. The molecule has 1 aromatic rings. The molecule has 0 spiro atoms. The van der Waals surface area contributed by atoms with E-state index in [1.54, 1.807) is 0 Å². The number of hydrogen-bond acceptors (Lipinski definition) is 4. The molecule has 1 aromatic heterocycles. The van der Waals surface area contributed by atoms with Gasteiger partial charge in [-0.25, -0.2) is 13.1 Å². The third-order valence-corrected chi connectivity index (χ3v) is 4.23. The van der Waals surface area contributed by atoms with Crippen molar-refractivity contribution in [3.63, 3.8) is 0 Å². The normalized spacial score (nSPS) is 12.9. The summed E-state index contributed by atoms with van der Waals surface area (Å²) in [6.07, 6.45) is 2.17. The minimum atomic E-state index is -3.63. The summed E-state index contributed by atoms with van der Waals surface area (Å²) >= 11 is 0. The highest BCUT2D eigenvalue weighted by atomic mass is 32.2. The molecular weight excluding hydrogens is 242 g/mol. The van der Waals surface area contributed by atoms with Crippen LogP contribution >= 0.6 is 0 Å². The Labute approximate surface area is 101 Å². The van der Waals surface area contributed by atoms with E-state index in [9.17, 15) is 8.42 Å². The maximum atomic E-state index is 11.9. The monoisotopic (exact) mass is 261 g/mol. The predicted molar refractivity (Wildman–Crippen MR) is 63.8 cm³/mol. The van der Waals surface area contributed by atoms with Crippen LogP contribution in [-0.4, -0.2) is 30.3 Å². The van der Waals surface area contributed by atoms with Gasteiger partial charge in [0.2, 0.25) is 0 Å². The summed E-state index contributed by atoms with van der Waals surface area (Å²) in [6.45, 7) is 5.95. The number of nitrogens with one attached hydrogen (secondary N) is 2. The summed E-state index contributed by atoms with van der Waals surface area (Å²) in [5, 5.41) is 14.9. The Kier molecular flexibility index (Phi) is 4.29. The average Bonchev–Trinajstić information content (AvgIpc) is 2.75. The first-order valence-electron chi connectivity index (χ1n) is 5.45. The summed E-state index contributed by atoms with van der Waals surface area (Å²) in [4.78, 5) is 0. The number of aromatic amines is 1. The van der Waals surface area contributed by atoms with Crippen molar-refractivity contribution < 1.29 is 13.5 Å². The first-order valence-corrected chi connectivity index (χ1v) is 6.93. The lowest BCUT2D eigenvalue weighted by atomic mass is 9.91. The highest BCUT2D eigenvalue weighted by Crippen LogP contribution is 2.19. The number of rotatable bonds is 6. The smallest absolute Gasteiger partial charge is 0.257 e. The second kappa shape index (κ2) is 5.16. The van der Waals surface area contributed by atoms with Crippen LogP contribution in [0.15, 0.2) is 11.2 Å². The Hall–Kier alpha value is -0.920. The van der Waals surface area contributed by atoms with Crippen molar-refractivity contribution in [2.45, 2.75) is 38.8 Å². The molecule has 98 valence electrons. The Balaban J connectivity index is 2.83. The molecule has 0 bridgehead atoms. The van der Waals surface area contributed by atoms with E-state index in [2.05, 4.69) is 14.9 Å². The minimum absolute atomic E-state index is 0.0631. The van der Waals surface area contributed by atoms with E-state index in [0.29, 0.717) is 6.54 Å². The molecule has 17 heavy (non-hydrogen) atoms. The van der Waals surface area contributed by atoms with Gasteiger partial charge in [-0.1, -0.05) is 20.8 Å². The summed E-state index contributed by atoms with van der Waals surface area (Å²) in [5.41, 5.74) is 0.165. The molecule has 3 N–H and O–H groups in total. The van der Waals surface area contributed by atoms with Crippen LogP contribution in [0.1, 0.15) is 32.8 Å². The Morgan fingerprint density at radius 3 is 2.71 bits per heavy atom. The third-order valence-electron chi connectivity index (χ3n) is 2.82. The average molecular weight is 261 g/mol. The lowest BCUT2D eigenvalue weighted by molar-refractivity contribution is 0.278. The van der Waals surface area contributed by atoms with Crippen LogP contribution in [0, 0.1) is 5.41 Å². The molecule has 0 atom stereocenters. The molecule has 7 heteroatoms. The van der Waals surface area contributed by atoms with Crippen LogP contribution in [0.4, 0.5) is 0 Å². The number of aliphatic hydroxyl groups excluding tert-OH is 1. The minimum Gasteiger partial charge on any atom is -0.392 e. The van der Waals surface area contributed by atoms with Gasteiger partial charge in [-0.2, -0.15) is 5.10 Å². The van der Waals surface area contributed by atoms with Gasteiger partial charge in [0, 0.05) is 12.1 Å². The Morgan fingerprint density at radius 1 is 1.53 bits per heavy atom. The number of aliphatic hydroxyl groups is 1.